The third kappa shape index (κ3) is 2.98. The van der Waals surface area contributed by atoms with Crippen molar-refractivity contribution < 1.29 is 0 Å². The zero-order chi connectivity index (χ0) is 17.3. The van der Waals surface area contributed by atoms with Crippen LogP contribution in [-0.2, 0) is 6.54 Å². The number of hydrogen-bond acceptors (Lipinski definition) is 6. The first-order valence-corrected chi connectivity index (χ1v) is 9.52. The van der Waals surface area contributed by atoms with Gasteiger partial charge in [0.1, 0.15) is 12.2 Å². The summed E-state index contributed by atoms with van der Waals surface area (Å²) < 4.78 is 2.16. The van der Waals surface area contributed by atoms with Gasteiger partial charge in [-0.15, -0.1) is 10.2 Å². The Morgan fingerprint density at radius 2 is 1.81 bits per heavy atom. The molecule has 3 heterocycles. The molecule has 0 bridgehead atoms. The van der Waals surface area contributed by atoms with Gasteiger partial charge in [-0.3, -0.25) is 0 Å². The molecule has 1 aliphatic heterocycles. The van der Waals surface area contributed by atoms with Crippen LogP contribution in [-0.4, -0.2) is 44.4 Å². The van der Waals surface area contributed by atoms with E-state index in [1.807, 2.05) is 30.6 Å². The molecule has 2 aliphatic rings. The fourth-order valence-electron chi connectivity index (χ4n) is 3.65. The maximum absolute atomic E-state index is 4.90. The molecule has 26 heavy (non-hydrogen) atoms. The highest BCUT2D eigenvalue weighted by Crippen LogP contribution is 2.38. The molecule has 0 spiro atoms. The maximum atomic E-state index is 4.90. The van der Waals surface area contributed by atoms with Gasteiger partial charge in [0.25, 0.3) is 0 Å². The molecular weight excluding hydrogens is 326 g/mol. The van der Waals surface area contributed by atoms with Crippen LogP contribution in [0.5, 0.6) is 0 Å². The van der Waals surface area contributed by atoms with Crippen molar-refractivity contribution in [2.45, 2.75) is 38.1 Å². The van der Waals surface area contributed by atoms with Crippen molar-refractivity contribution in [3.05, 3.63) is 36.4 Å². The first-order chi connectivity index (χ1) is 12.9. The molecule has 2 fully saturated rings. The number of benzene rings is 1. The van der Waals surface area contributed by atoms with E-state index >= 15 is 0 Å². The molecule has 1 saturated carbocycles. The van der Waals surface area contributed by atoms with Crippen LogP contribution in [0.3, 0.4) is 0 Å². The molecule has 0 radical (unpaired) electrons. The first-order valence-electron chi connectivity index (χ1n) is 9.52. The molecule has 0 atom stereocenters. The highest BCUT2D eigenvalue weighted by atomic mass is 15.3. The van der Waals surface area contributed by atoms with Crippen molar-refractivity contribution in [3.8, 4) is 0 Å². The van der Waals surface area contributed by atoms with Crippen LogP contribution in [0.4, 0.5) is 11.6 Å². The molecule has 2 aromatic heterocycles. The van der Waals surface area contributed by atoms with Crippen LogP contribution >= 0.6 is 0 Å². The highest BCUT2D eigenvalue weighted by molar-refractivity contribution is 5.80. The minimum absolute atomic E-state index is 0.609. The second-order valence-corrected chi connectivity index (χ2v) is 7.16. The van der Waals surface area contributed by atoms with Gasteiger partial charge in [0.05, 0.1) is 11.0 Å². The summed E-state index contributed by atoms with van der Waals surface area (Å²) in [5.41, 5.74) is 1.88. The van der Waals surface area contributed by atoms with Gasteiger partial charge in [-0.05, 0) is 37.8 Å². The Hall–Kier alpha value is -2.70. The summed E-state index contributed by atoms with van der Waals surface area (Å²) >= 11 is 0. The molecule has 1 aromatic carbocycles. The largest absolute Gasteiger partial charge is 0.365 e. The van der Waals surface area contributed by atoms with Crippen LogP contribution in [0.1, 0.15) is 37.4 Å². The average molecular weight is 349 g/mol. The van der Waals surface area contributed by atoms with Crippen molar-refractivity contribution in [1.82, 2.24) is 24.7 Å². The summed E-state index contributed by atoms with van der Waals surface area (Å²) in [4.78, 5) is 12.1. The smallest absolute Gasteiger partial charge is 0.172 e. The second kappa shape index (κ2) is 6.55. The van der Waals surface area contributed by atoms with E-state index in [1.165, 1.54) is 25.7 Å². The van der Waals surface area contributed by atoms with E-state index in [2.05, 4.69) is 25.0 Å². The predicted octanol–water partition coefficient (Wildman–Crippen LogP) is 2.81. The Kier molecular flexibility index (Phi) is 3.92. The second-order valence-electron chi connectivity index (χ2n) is 7.16. The molecule has 0 amide bonds. The zero-order valence-electron chi connectivity index (χ0n) is 14.8. The lowest BCUT2D eigenvalue weighted by Gasteiger charge is -2.20. The van der Waals surface area contributed by atoms with Crippen LogP contribution < -0.4 is 10.2 Å². The summed E-state index contributed by atoms with van der Waals surface area (Å²) in [6, 6.07) is 8.08. The van der Waals surface area contributed by atoms with Gasteiger partial charge < -0.3 is 14.8 Å². The highest BCUT2D eigenvalue weighted by Gasteiger charge is 2.28. The number of aromatic nitrogens is 5. The number of rotatable bonds is 6. The predicted molar refractivity (Wildman–Crippen MR) is 101 cm³/mol. The van der Waals surface area contributed by atoms with Crippen LogP contribution in [0.15, 0.2) is 30.6 Å². The van der Waals surface area contributed by atoms with Crippen LogP contribution in [0, 0.1) is 0 Å². The first kappa shape index (κ1) is 15.5. The molecule has 1 N–H and O–H groups in total. The van der Waals surface area contributed by atoms with E-state index in [1.54, 1.807) is 0 Å². The normalized spacial score (nSPS) is 17.2. The molecular formula is C19H23N7. The molecule has 0 unspecified atom stereocenters. The lowest BCUT2D eigenvalue weighted by atomic mass is 10.3. The van der Waals surface area contributed by atoms with E-state index in [0.717, 1.165) is 54.7 Å². The Morgan fingerprint density at radius 3 is 2.58 bits per heavy atom. The van der Waals surface area contributed by atoms with Crippen molar-refractivity contribution in [1.29, 1.82) is 0 Å². The molecule has 5 rings (SSSR count). The minimum atomic E-state index is 0.609. The number of nitrogens with zero attached hydrogens (tertiary/aromatic N) is 6. The van der Waals surface area contributed by atoms with Gasteiger partial charge in [0.15, 0.2) is 11.6 Å². The number of hydrogen-bond donors (Lipinski definition) is 1. The van der Waals surface area contributed by atoms with Gasteiger partial charge in [0.2, 0.25) is 0 Å². The lowest BCUT2D eigenvalue weighted by Crippen LogP contribution is -2.22. The Morgan fingerprint density at radius 1 is 1.04 bits per heavy atom. The van der Waals surface area contributed by atoms with Gasteiger partial charge in [-0.2, -0.15) is 0 Å². The van der Waals surface area contributed by atoms with Gasteiger partial charge in [-0.1, -0.05) is 12.1 Å². The van der Waals surface area contributed by atoms with E-state index in [0.29, 0.717) is 5.92 Å². The van der Waals surface area contributed by atoms with Gasteiger partial charge in [0, 0.05) is 32.1 Å². The Balaban J connectivity index is 1.38. The van der Waals surface area contributed by atoms with Gasteiger partial charge in [-0.25, -0.2) is 9.97 Å². The molecule has 134 valence electrons. The van der Waals surface area contributed by atoms with E-state index in [4.69, 9.17) is 9.97 Å². The third-order valence-corrected chi connectivity index (χ3v) is 5.19. The number of para-hydroxylation sites is 2. The Bertz CT molecular complexity index is 909. The van der Waals surface area contributed by atoms with E-state index in [-0.39, 0.29) is 0 Å². The monoisotopic (exact) mass is 349 g/mol. The molecule has 1 saturated heterocycles. The molecule has 7 nitrogen and oxygen atoms in total. The fraction of sp³-hybridized carbons (Fsp3) is 0.474. The summed E-state index contributed by atoms with van der Waals surface area (Å²) in [5, 5.41) is 11.9. The summed E-state index contributed by atoms with van der Waals surface area (Å²) in [6.07, 6.45) is 6.75. The summed E-state index contributed by atoms with van der Waals surface area (Å²) in [5.74, 6) is 3.59. The molecule has 3 aromatic rings. The number of fused-ring (bicyclic) bond motifs is 1. The van der Waals surface area contributed by atoms with Crippen molar-refractivity contribution in [2.24, 2.45) is 0 Å². The van der Waals surface area contributed by atoms with Crippen LogP contribution in [0.25, 0.3) is 11.0 Å². The topological polar surface area (TPSA) is 71.8 Å². The van der Waals surface area contributed by atoms with E-state index < -0.39 is 0 Å². The molecule has 1 aliphatic carbocycles. The SMILES string of the molecule is c1ccc2nc(N3CCCC3)c(NCCn3cnnc3C3CC3)nc2c1. The average Bonchev–Trinajstić information content (AvgIpc) is 3.17. The summed E-state index contributed by atoms with van der Waals surface area (Å²) in [6.45, 7) is 3.73. The number of anilines is 2. The molecule has 7 heteroatoms. The van der Waals surface area contributed by atoms with Crippen molar-refractivity contribution in [2.75, 3.05) is 29.9 Å². The third-order valence-electron chi connectivity index (χ3n) is 5.19. The van der Waals surface area contributed by atoms with Crippen LogP contribution in [0.2, 0.25) is 0 Å². The summed E-state index contributed by atoms with van der Waals surface area (Å²) in [7, 11) is 0. The zero-order valence-corrected chi connectivity index (χ0v) is 14.8. The number of nitrogens with one attached hydrogen (secondary N) is 1. The van der Waals surface area contributed by atoms with E-state index in [9.17, 15) is 0 Å². The Labute approximate surface area is 152 Å². The standard InChI is InChI=1S/C19H23N7/c1-2-6-16-15(5-1)22-17(19(23-16)25-10-3-4-11-25)20-9-12-26-13-21-24-18(26)14-7-8-14/h1-2,5-6,13-14H,3-4,7-12H2,(H,20,22). The maximum Gasteiger partial charge on any atom is 0.172 e. The van der Waals surface area contributed by atoms with Gasteiger partial charge >= 0.3 is 0 Å². The fourth-order valence-corrected chi connectivity index (χ4v) is 3.65. The van der Waals surface area contributed by atoms with Crippen molar-refractivity contribution >= 4 is 22.7 Å². The van der Waals surface area contributed by atoms with Crippen molar-refractivity contribution in [3.63, 3.8) is 0 Å². The quantitative estimate of drug-likeness (QED) is 0.738. The minimum Gasteiger partial charge on any atom is -0.365 e. The lowest BCUT2D eigenvalue weighted by molar-refractivity contribution is 0.675.